The van der Waals surface area contributed by atoms with Gasteiger partial charge in [-0.1, -0.05) is 182 Å². The molecule has 0 atom stereocenters. The van der Waals surface area contributed by atoms with E-state index in [1.807, 2.05) is 42.7 Å². The van der Waals surface area contributed by atoms with Crippen LogP contribution in [-0.4, -0.2) is 29.1 Å². The van der Waals surface area contributed by atoms with Crippen LogP contribution in [0.1, 0.15) is 0 Å². The minimum atomic E-state index is 0.536. The zero-order chi connectivity index (χ0) is 45.0. The monoisotopic (exact) mass is 868 g/mol. The van der Waals surface area contributed by atoms with Crippen LogP contribution >= 0.6 is 0 Å². The van der Waals surface area contributed by atoms with Crippen LogP contribution in [0, 0.1) is 0 Å². The number of fused-ring (bicyclic) bond motifs is 6. The lowest BCUT2D eigenvalue weighted by Crippen LogP contribution is -2.03. The molecule has 0 spiro atoms. The van der Waals surface area contributed by atoms with Crippen LogP contribution in [0.3, 0.4) is 0 Å². The van der Waals surface area contributed by atoms with E-state index in [-0.39, 0.29) is 0 Å². The third-order valence-corrected chi connectivity index (χ3v) is 13.1. The number of rotatable bonds is 8. The standard InChI is InChI=1S/C62H40N6/c1-4-19-41(20-5-1)47-29-18-30-48(59(47)68-56-33-16-12-27-51(56)52-28-13-17-34-57(52)68)45-37-46(40-63-39-45)62-65-60(43-23-8-3-9-24-43)64-61(66-62)44-35-36-58(53(38-44)42-21-6-2-7-22-42)67-54-31-14-10-25-49(54)50-26-11-15-32-55(50)67/h1-40H. The second-order valence-electron chi connectivity index (χ2n) is 17.0. The van der Waals surface area contributed by atoms with Gasteiger partial charge < -0.3 is 9.13 Å². The first-order chi connectivity index (χ1) is 33.7. The van der Waals surface area contributed by atoms with E-state index in [2.05, 4.69) is 209 Å². The lowest BCUT2D eigenvalue weighted by atomic mass is 9.95. The van der Waals surface area contributed by atoms with Crippen molar-refractivity contribution in [2.45, 2.75) is 0 Å². The van der Waals surface area contributed by atoms with Gasteiger partial charge in [0.2, 0.25) is 0 Å². The van der Waals surface area contributed by atoms with E-state index in [9.17, 15) is 0 Å². The summed E-state index contributed by atoms with van der Waals surface area (Å²) in [6, 6.07) is 81.2. The average Bonchev–Trinajstić information content (AvgIpc) is 3.94. The molecule has 0 radical (unpaired) electrons. The van der Waals surface area contributed by atoms with E-state index < -0.39 is 0 Å². The summed E-state index contributed by atoms with van der Waals surface area (Å²) in [5.41, 5.74) is 15.7. The molecule has 6 nitrogen and oxygen atoms in total. The van der Waals surface area contributed by atoms with Crippen molar-refractivity contribution in [1.29, 1.82) is 0 Å². The molecule has 4 heterocycles. The van der Waals surface area contributed by atoms with Crippen molar-refractivity contribution in [3.8, 4) is 78.9 Å². The number of benzene rings is 9. The number of nitrogens with zero attached hydrogens (tertiary/aromatic N) is 6. The van der Waals surface area contributed by atoms with Crippen LogP contribution < -0.4 is 0 Å². The number of para-hydroxylation sites is 5. The first kappa shape index (κ1) is 39.1. The van der Waals surface area contributed by atoms with Crippen LogP contribution in [-0.2, 0) is 0 Å². The lowest BCUT2D eigenvalue weighted by molar-refractivity contribution is 1.07. The molecule has 9 aromatic carbocycles. The summed E-state index contributed by atoms with van der Waals surface area (Å²) in [5, 5.41) is 4.83. The van der Waals surface area contributed by atoms with Gasteiger partial charge in [-0.2, -0.15) is 0 Å². The molecule has 0 saturated carbocycles. The summed E-state index contributed by atoms with van der Waals surface area (Å²) >= 11 is 0. The molecule has 0 bridgehead atoms. The van der Waals surface area contributed by atoms with E-state index in [0.29, 0.717) is 17.5 Å². The molecular formula is C62H40N6. The summed E-state index contributed by atoms with van der Waals surface area (Å²) < 4.78 is 4.79. The van der Waals surface area contributed by atoms with Crippen molar-refractivity contribution in [2.75, 3.05) is 0 Å². The minimum absolute atomic E-state index is 0.536. The van der Waals surface area contributed by atoms with Gasteiger partial charge in [-0.15, -0.1) is 0 Å². The molecule has 318 valence electrons. The number of aromatic nitrogens is 6. The molecule has 0 saturated heterocycles. The maximum Gasteiger partial charge on any atom is 0.165 e. The second kappa shape index (κ2) is 16.3. The van der Waals surface area contributed by atoms with E-state index >= 15 is 0 Å². The topological polar surface area (TPSA) is 61.4 Å². The maximum absolute atomic E-state index is 5.31. The molecule has 0 aliphatic heterocycles. The van der Waals surface area contributed by atoms with Gasteiger partial charge in [-0.25, -0.2) is 15.0 Å². The van der Waals surface area contributed by atoms with Crippen molar-refractivity contribution in [2.24, 2.45) is 0 Å². The van der Waals surface area contributed by atoms with Crippen molar-refractivity contribution >= 4 is 43.6 Å². The average molecular weight is 869 g/mol. The number of hydrogen-bond acceptors (Lipinski definition) is 4. The Morgan fingerprint density at radius 2 is 0.676 bits per heavy atom. The molecule has 13 rings (SSSR count). The summed E-state index contributed by atoms with van der Waals surface area (Å²) in [4.78, 5) is 20.6. The van der Waals surface area contributed by atoms with E-state index in [1.54, 1.807) is 0 Å². The van der Waals surface area contributed by atoms with Crippen LogP contribution in [0.25, 0.3) is 123 Å². The highest BCUT2D eigenvalue weighted by Crippen LogP contribution is 2.43. The third-order valence-electron chi connectivity index (χ3n) is 13.1. The van der Waals surface area contributed by atoms with Gasteiger partial charge in [-0.3, -0.25) is 4.98 Å². The highest BCUT2D eigenvalue weighted by Gasteiger charge is 2.22. The Labute approximate surface area is 392 Å². The van der Waals surface area contributed by atoms with Gasteiger partial charge in [-0.05, 0) is 59.7 Å². The van der Waals surface area contributed by atoms with Gasteiger partial charge in [0.05, 0.1) is 33.4 Å². The first-order valence-corrected chi connectivity index (χ1v) is 22.9. The van der Waals surface area contributed by atoms with E-state index in [1.165, 1.54) is 21.5 Å². The Bertz CT molecular complexity index is 3920. The van der Waals surface area contributed by atoms with Gasteiger partial charge >= 0.3 is 0 Å². The third kappa shape index (κ3) is 6.58. The maximum atomic E-state index is 5.31. The fourth-order valence-corrected chi connectivity index (χ4v) is 9.99. The van der Waals surface area contributed by atoms with E-state index in [4.69, 9.17) is 19.9 Å². The summed E-state index contributed by atoms with van der Waals surface area (Å²) in [6.45, 7) is 0. The number of pyridine rings is 1. The van der Waals surface area contributed by atoms with Crippen molar-refractivity contribution < 1.29 is 0 Å². The Morgan fingerprint density at radius 1 is 0.265 bits per heavy atom. The highest BCUT2D eigenvalue weighted by atomic mass is 15.0. The SMILES string of the molecule is c1ccc(-c2nc(-c3cncc(-c4cccc(-c5ccccc5)c4-n4c5ccccc5c5ccccc54)c3)nc(-c3ccc(-n4c5ccccc5c5ccccc54)c(-c4ccccc4)c3)n2)cc1. The Balaban J connectivity index is 1.01. The van der Waals surface area contributed by atoms with Crippen molar-refractivity contribution in [1.82, 2.24) is 29.1 Å². The first-order valence-electron chi connectivity index (χ1n) is 22.9. The Kier molecular flexibility index (Phi) is 9.39. The largest absolute Gasteiger partial charge is 0.309 e. The predicted molar refractivity (Wildman–Crippen MR) is 279 cm³/mol. The summed E-state index contributed by atoms with van der Waals surface area (Å²) in [7, 11) is 0. The minimum Gasteiger partial charge on any atom is -0.309 e. The van der Waals surface area contributed by atoms with Crippen LogP contribution in [0.2, 0.25) is 0 Å². The van der Waals surface area contributed by atoms with Crippen molar-refractivity contribution in [3.05, 3.63) is 243 Å². The molecule has 0 fully saturated rings. The second-order valence-corrected chi connectivity index (χ2v) is 17.0. The molecule has 13 aromatic rings. The Hall–Kier alpha value is -9.26. The molecule has 0 aliphatic rings. The van der Waals surface area contributed by atoms with Crippen molar-refractivity contribution in [3.63, 3.8) is 0 Å². The van der Waals surface area contributed by atoms with Gasteiger partial charge in [0, 0.05) is 72.9 Å². The van der Waals surface area contributed by atoms with Gasteiger partial charge in [0.15, 0.2) is 17.5 Å². The fourth-order valence-electron chi connectivity index (χ4n) is 9.99. The molecule has 0 N–H and O–H groups in total. The molecule has 68 heavy (non-hydrogen) atoms. The highest BCUT2D eigenvalue weighted by molar-refractivity contribution is 6.11. The molecule has 0 unspecified atom stereocenters. The van der Waals surface area contributed by atoms with Crippen LogP contribution in [0.5, 0.6) is 0 Å². The van der Waals surface area contributed by atoms with Crippen LogP contribution in [0.15, 0.2) is 243 Å². The molecule has 0 aliphatic carbocycles. The molecule has 6 heteroatoms. The van der Waals surface area contributed by atoms with Crippen LogP contribution in [0.4, 0.5) is 0 Å². The smallest absolute Gasteiger partial charge is 0.165 e. The van der Waals surface area contributed by atoms with Gasteiger partial charge in [0.1, 0.15) is 0 Å². The zero-order valence-electron chi connectivity index (χ0n) is 36.8. The summed E-state index contributed by atoms with van der Waals surface area (Å²) in [6.07, 6.45) is 3.81. The molecule has 4 aromatic heterocycles. The van der Waals surface area contributed by atoms with Gasteiger partial charge in [0.25, 0.3) is 0 Å². The predicted octanol–water partition coefficient (Wildman–Crippen LogP) is 15.5. The Morgan fingerprint density at radius 3 is 1.22 bits per heavy atom. The van der Waals surface area contributed by atoms with E-state index in [0.717, 1.165) is 83.5 Å². The number of hydrogen-bond donors (Lipinski definition) is 0. The lowest BCUT2D eigenvalue weighted by Gasteiger charge is -2.19. The normalized spacial score (nSPS) is 11.5. The summed E-state index contributed by atoms with van der Waals surface area (Å²) in [5.74, 6) is 1.69. The fraction of sp³-hybridized carbons (Fsp3) is 0. The molecular weight excluding hydrogens is 829 g/mol. The zero-order valence-corrected chi connectivity index (χ0v) is 36.8. The quantitative estimate of drug-likeness (QED) is 0.153. The molecule has 0 amide bonds.